The summed E-state index contributed by atoms with van der Waals surface area (Å²) in [5, 5.41) is 2.95. The van der Waals surface area contributed by atoms with Gasteiger partial charge in [-0.05, 0) is 63.4 Å². The largest absolute Gasteiger partial charge is 0.497 e. The Morgan fingerprint density at radius 1 is 1.00 bits per heavy atom. The molecule has 2 aromatic rings. The second-order valence-corrected chi connectivity index (χ2v) is 8.22. The van der Waals surface area contributed by atoms with Gasteiger partial charge in [-0.2, -0.15) is 0 Å². The van der Waals surface area contributed by atoms with Gasteiger partial charge in [0.25, 0.3) is 0 Å². The number of aryl methyl sites for hydroxylation is 1. The molecule has 1 atom stereocenters. The average molecular weight is 441 g/mol. The fourth-order valence-electron chi connectivity index (χ4n) is 3.42. The number of methoxy groups -OCH3 is 1. The lowest BCUT2D eigenvalue weighted by atomic mass is 10.1. The molecular weight excluding hydrogens is 404 g/mol. The fourth-order valence-corrected chi connectivity index (χ4v) is 3.42. The molecule has 0 spiro atoms. The Hall–Kier alpha value is -3.02. The Morgan fingerprint density at radius 3 is 2.19 bits per heavy atom. The van der Waals surface area contributed by atoms with Crippen LogP contribution in [0.15, 0.2) is 48.5 Å². The van der Waals surface area contributed by atoms with E-state index in [2.05, 4.69) is 5.32 Å². The predicted molar refractivity (Wildman–Crippen MR) is 127 cm³/mol. The molecule has 0 saturated heterocycles. The molecule has 1 N–H and O–H groups in total. The number of carbonyl (C=O) groups is 2. The lowest BCUT2D eigenvalue weighted by molar-refractivity contribution is -0.141. The maximum absolute atomic E-state index is 13.2. The minimum Gasteiger partial charge on any atom is -0.497 e. The Morgan fingerprint density at radius 2 is 1.62 bits per heavy atom. The standard InChI is InChI=1S/C26H36N2O4/c1-6-24(26(30)27-19(2)3)28(18-21-11-15-22(31-5)16-12-21)25(29)8-7-17-32-23-13-9-20(4)10-14-23/h9-16,19,24H,6-8,17-18H2,1-5H3,(H,27,30)/t24-/m0/s1. The highest BCUT2D eigenvalue weighted by Crippen LogP contribution is 2.18. The number of amides is 2. The molecule has 0 radical (unpaired) electrons. The molecular formula is C26H36N2O4. The molecule has 0 heterocycles. The van der Waals surface area contributed by atoms with Crippen molar-refractivity contribution in [3.8, 4) is 11.5 Å². The van der Waals surface area contributed by atoms with Crippen molar-refractivity contribution in [2.75, 3.05) is 13.7 Å². The van der Waals surface area contributed by atoms with Gasteiger partial charge in [-0.15, -0.1) is 0 Å². The van der Waals surface area contributed by atoms with Crippen LogP contribution in [0.4, 0.5) is 0 Å². The first-order valence-corrected chi connectivity index (χ1v) is 11.3. The number of benzene rings is 2. The van der Waals surface area contributed by atoms with E-state index in [1.54, 1.807) is 12.0 Å². The quantitative estimate of drug-likeness (QED) is 0.494. The van der Waals surface area contributed by atoms with Crippen LogP contribution >= 0.6 is 0 Å². The molecule has 0 saturated carbocycles. The molecule has 0 aromatic heterocycles. The van der Waals surface area contributed by atoms with Crippen molar-refractivity contribution < 1.29 is 19.1 Å². The van der Waals surface area contributed by atoms with E-state index in [9.17, 15) is 9.59 Å². The highest BCUT2D eigenvalue weighted by atomic mass is 16.5. The summed E-state index contributed by atoms with van der Waals surface area (Å²) in [5.41, 5.74) is 2.12. The van der Waals surface area contributed by atoms with Gasteiger partial charge < -0.3 is 19.7 Å². The molecule has 0 unspecified atom stereocenters. The Bertz CT molecular complexity index is 847. The van der Waals surface area contributed by atoms with Crippen LogP contribution < -0.4 is 14.8 Å². The zero-order chi connectivity index (χ0) is 23.5. The third-order valence-electron chi connectivity index (χ3n) is 5.15. The van der Waals surface area contributed by atoms with Crippen LogP contribution in [0.3, 0.4) is 0 Å². The Balaban J connectivity index is 2.05. The Labute approximate surface area is 191 Å². The van der Waals surface area contributed by atoms with E-state index in [0.717, 1.165) is 17.1 Å². The highest BCUT2D eigenvalue weighted by molar-refractivity contribution is 5.87. The lowest BCUT2D eigenvalue weighted by Crippen LogP contribution is -2.50. The van der Waals surface area contributed by atoms with Gasteiger partial charge in [0.2, 0.25) is 11.8 Å². The summed E-state index contributed by atoms with van der Waals surface area (Å²) >= 11 is 0. The summed E-state index contributed by atoms with van der Waals surface area (Å²) in [4.78, 5) is 27.7. The van der Waals surface area contributed by atoms with Gasteiger partial charge in [-0.25, -0.2) is 0 Å². The third kappa shape index (κ3) is 7.91. The van der Waals surface area contributed by atoms with Gasteiger partial charge in [-0.3, -0.25) is 9.59 Å². The molecule has 174 valence electrons. The van der Waals surface area contributed by atoms with Crippen molar-refractivity contribution in [1.29, 1.82) is 0 Å². The molecule has 0 fully saturated rings. The van der Waals surface area contributed by atoms with Crippen molar-refractivity contribution in [3.63, 3.8) is 0 Å². The lowest BCUT2D eigenvalue weighted by Gasteiger charge is -2.31. The maximum Gasteiger partial charge on any atom is 0.243 e. The van der Waals surface area contributed by atoms with Gasteiger partial charge in [0.05, 0.1) is 13.7 Å². The summed E-state index contributed by atoms with van der Waals surface area (Å²) in [6.07, 6.45) is 1.43. The molecule has 0 aliphatic heterocycles. The summed E-state index contributed by atoms with van der Waals surface area (Å²) in [6, 6.07) is 14.9. The average Bonchev–Trinajstić information content (AvgIpc) is 2.77. The number of nitrogens with one attached hydrogen (secondary N) is 1. The first-order valence-electron chi connectivity index (χ1n) is 11.3. The molecule has 0 aliphatic rings. The van der Waals surface area contributed by atoms with Crippen LogP contribution in [0, 0.1) is 6.92 Å². The molecule has 6 heteroatoms. The number of nitrogens with zero attached hydrogens (tertiary/aromatic N) is 1. The number of rotatable bonds is 12. The number of hydrogen-bond acceptors (Lipinski definition) is 4. The molecule has 6 nitrogen and oxygen atoms in total. The van der Waals surface area contributed by atoms with Crippen LogP contribution in [-0.2, 0) is 16.1 Å². The van der Waals surface area contributed by atoms with E-state index < -0.39 is 6.04 Å². The van der Waals surface area contributed by atoms with Crippen molar-refractivity contribution in [3.05, 3.63) is 59.7 Å². The molecule has 2 rings (SSSR count). The van der Waals surface area contributed by atoms with Crippen LogP contribution in [-0.4, -0.2) is 42.5 Å². The molecule has 0 bridgehead atoms. The topological polar surface area (TPSA) is 67.9 Å². The Kier molecular flexibility index (Phi) is 10.1. The van der Waals surface area contributed by atoms with Crippen LogP contribution in [0.1, 0.15) is 51.2 Å². The fraction of sp³-hybridized carbons (Fsp3) is 0.462. The summed E-state index contributed by atoms with van der Waals surface area (Å²) in [5.74, 6) is 1.37. The minimum atomic E-state index is -0.523. The van der Waals surface area contributed by atoms with Gasteiger partial charge >= 0.3 is 0 Å². The van der Waals surface area contributed by atoms with Crippen molar-refractivity contribution in [1.82, 2.24) is 10.2 Å². The van der Waals surface area contributed by atoms with Crippen LogP contribution in [0.2, 0.25) is 0 Å². The van der Waals surface area contributed by atoms with Gasteiger partial charge in [0.15, 0.2) is 0 Å². The highest BCUT2D eigenvalue weighted by Gasteiger charge is 2.28. The zero-order valence-corrected chi connectivity index (χ0v) is 19.9. The molecule has 2 aromatic carbocycles. The minimum absolute atomic E-state index is 0.0115. The van der Waals surface area contributed by atoms with Crippen molar-refractivity contribution in [2.45, 2.75) is 65.6 Å². The molecule has 0 aliphatic carbocycles. The zero-order valence-electron chi connectivity index (χ0n) is 19.9. The first-order chi connectivity index (χ1) is 15.3. The smallest absolute Gasteiger partial charge is 0.243 e. The van der Waals surface area contributed by atoms with Gasteiger partial charge in [0.1, 0.15) is 17.5 Å². The monoisotopic (exact) mass is 440 g/mol. The summed E-state index contributed by atoms with van der Waals surface area (Å²) in [6.45, 7) is 8.61. The second-order valence-electron chi connectivity index (χ2n) is 8.22. The molecule has 2 amide bonds. The summed E-state index contributed by atoms with van der Waals surface area (Å²) in [7, 11) is 1.62. The van der Waals surface area contributed by atoms with Crippen LogP contribution in [0.25, 0.3) is 0 Å². The second kappa shape index (κ2) is 12.7. The van der Waals surface area contributed by atoms with Gasteiger partial charge in [0, 0.05) is 19.0 Å². The maximum atomic E-state index is 13.2. The van der Waals surface area contributed by atoms with Crippen LogP contribution in [0.5, 0.6) is 11.5 Å². The number of hydrogen-bond donors (Lipinski definition) is 1. The van der Waals surface area contributed by atoms with E-state index >= 15 is 0 Å². The van der Waals surface area contributed by atoms with E-state index in [4.69, 9.17) is 9.47 Å². The van der Waals surface area contributed by atoms with E-state index in [1.807, 2.05) is 76.2 Å². The van der Waals surface area contributed by atoms with Crippen molar-refractivity contribution >= 4 is 11.8 Å². The SMILES string of the molecule is CC[C@@H](C(=O)NC(C)C)N(Cc1ccc(OC)cc1)C(=O)CCCOc1ccc(C)cc1. The van der Waals surface area contributed by atoms with Gasteiger partial charge in [-0.1, -0.05) is 36.8 Å². The molecule has 32 heavy (non-hydrogen) atoms. The first kappa shape index (κ1) is 25.2. The van der Waals surface area contributed by atoms with E-state index in [1.165, 1.54) is 5.56 Å². The van der Waals surface area contributed by atoms with E-state index in [0.29, 0.717) is 32.4 Å². The number of carbonyl (C=O) groups excluding carboxylic acids is 2. The normalized spacial score (nSPS) is 11.7. The predicted octanol–water partition coefficient (Wildman–Crippen LogP) is 4.49. The number of ether oxygens (including phenoxy) is 2. The van der Waals surface area contributed by atoms with E-state index in [-0.39, 0.29) is 17.9 Å². The summed E-state index contributed by atoms with van der Waals surface area (Å²) < 4.78 is 11.0. The third-order valence-corrected chi connectivity index (χ3v) is 5.15. The van der Waals surface area contributed by atoms with Crippen molar-refractivity contribution in [2.24, 2.45) is 0 Å².